The number of carbonyl (C=O) groups excluding carboxylic acids is 1. The molecule has 2 rings (SSSR count). The standard InChI is InChI=1S/C15H20N2O5S/c1-10(13-8-12(22-2)3-4-14(13)18)16-17-15(19)7-11-5-6-23(20,21)9-11/h3-4,8,11,18H,5-7,9H2,1-2H3,(H,17,19)/b16-10+/t11-/m0/s1. The number of aromatic hydroxyl groups is 1. The molecular formula is C15H20N2O5S. The Morgan fingerprint density at radius 1 is 1.48 bits per heavy atom. The van der Waals surface area contributed by atoms with Crippen molar-refractivity contribution in [2.45, 2.75) is 19.8 Å². The number of nitrogens with zero attached hydrogens (tertiary/aromatic N) is 1. The van der Waals surface area contributed by atoms with E-state index in [2.05, 4.69) is 10.5 Å². The molecule has 0 aromatic heterocycles. The Morgan fingerprint density at radius 3 is 2.83 bits per heavy atom. The summed E-state index contributed by atoms with van der Waals surface area (Å²) in [5, 5.41) is 13.8. The van der Waals surface area contributed by atoms with Gasteiger partial charge in [-0.1, -0.05) is 0 Å². The number of benzene rings is 1. The minimum Gasteiger partial charge on any atom is -0.507 e. The zero-order valence-electron chi connectivity index (χ0n) is 13.1. The normalized spacial score (nSPS) is 20.3. The lowest BCUT2D eigenvalue weighted by Gasteiger charge is -2.08. The highest BCUT2D eigenvalue weighted by Crippen LogP contribution is 2.24. The maximum atomic E-state index is 11.9. The Kier molecular flexibility index (Phi) is 5.25. The Bertz CT molecular complexity index is 727. The number of phenolic OH excluding ortho intramolecular Hbond substituents is 1. The van der Waals surface area contributed by atoms with E-state index in [-0.39, 0.29) is 35.5 Å². The molecule has 7 nitrogen and oxygen atoms in total. The first-order chi connectivity index (χ1) is 10.8. The summed E-state index contributed by atoms with van der Waals surface area (Å²) in [6, 6.07) is 4.72. The van der Waals surface area contributed by atoms with E-state index in [0.717, 1.165) is 0 Å². The molecule has 0 saturated carbocycles. The second kappa shape index (κ2) is 6.99. The molecule has 1 amide bonds. The Hall–Kier alpha value is -2.09. The third-order valence-corrected chi connectivity index (χ3v) is 5.58. The molecule has 0 radical (unpaired) electrons. The molecule has 2 N–H and O–H groups in total. The number of rotatable bonds is 5. The molecule has 1 aliphatic heterocycles. The van der Waals surface area contributed by atoms with Crippen LogP contribution in [0.2, 0.25) is 0 Å². The number of ether oxygens (including phenoxy) is 1. The van der Waals surface area contributed by atoms with Gasteiger partial charge in [0, 0.05) is 12.0 Å². The lowest BCUT2D eigenvalue weighted by atomic mass is 10.1. The molecule has 0 aliphatic carbocycles. The second-order valence-corrected chi connectivity index (χ2v) is 7.82. The van der Waals surface area contributed by atoms with Crippen LogP contribution in [0.3, 0.4) is 0 Å². The number of carbonyl (C=O) groups is 1. The topological polar surface area (TPSA) is 105 Å². The van der Waals surface area contributed by atoms with Gasteiger partial charge < -0.3 is 9.84 Å². The fraction of sp³-hybridized carbons (Fsp3) is 0.467. The van der Waals surface area contributed by atoms with Gasteiger partial charge in [-0.3, -0.25) is 4.79 Å². The molecule has 126 valence electrons. The quantitative estimate of drug-likeness (QED) is 0.616. The van der Waals surface area contributed by atoms with E-state index in [1.165, 1.54) is 13.2 Å². The van der Waals surface area contributed by atoms with Crippen LogP contribution in [0.4, 0.5) is 0 Å². The molecule has 1 atom stereocenters. The third kappa shape index (κ3) is 4.69. The van der Waals surface area contributed by atoms with Gasteiger partial charge in [-0.2, -0.15) is 5.10 Å². The van der Waals surface area contributed by atoms with E-state index in [1.807, 2.05) is 0 Å². The molecule has 1 heterocycles. The summed E-state index contributed by atoms with van der Waals surface area (Å²) in [5.41, 5.74) is 3.28. The highest BCUT2D eigenvalue weighted by molar-refractivity contribution is 7.91. The van der Waals surface area contributed by atoms with Crippen molar-refractivity contribution in [3.05, 3.63) is 23.8 Å². The molecule has 1 aliphatic rings. The first kappa shape index (κ1) is 17.3. The molecule has 1 fully saturated rings. The van der Waals surface area contributed by atoms with E-state index in [1.54, 1.807) is 19.1 Å². The molecular weight excluding hydrogens is 320 g/mol. The van der Waals surface area contributed by atoms with Crippen LogP contribution in [-0.4, -0.2) is 43.8 Å². The van der Waals surface area contributed by atoms with Gasteiger partial charge in [0.05, 0.1) is 24.3 Å². The molecule has 0 spiro atoms. The van der Waals surface area contributed by atoms with Crippen LogP contribution in [0, 0.1) is 5.92 Å². The van der Waals surface area contributed by atoms with Gasteiger partial charge in [0.25, 0.3) is 0 Å². The maximum Gasteiger partial charge on any atom is 0.240 e. The third-order valence-electron chi connectivity index (χ3n) is 3.74. The maximum absolute atomic E-state index is 11.9. The first-order valence-electron chi connectivity index (χ1n) is 7.21. The number of hydrogen-bond donors (Lipinski definition) is 2. The Labute approximate surface area is 135 Å². The van der Waals surface area contributed by atoms with Crippen molar-refractivity contribution in [1.29, 1.82) is 0 Å². The number of hydrogen-bond acceptors (Lipinski definition) is 6. The zero-order valence-corrected chi connectivity index (χ0v) is 13.9. The largest absolute Gasteiger partial charge is 0.507 e. The molecule has 1 aromatic rings. The summed E-state index contributed by atoms with van der Waals surface area (Å²) >= 11 is 0. The minimum absolute atomic E-state index is 0.0307. The Morgan fingerprint density at radius 2 is 2.22 bits per heavy atom. The van der Waals surface area contributed by atoms with Crippen molar-refractivity contribution in [1.82, 2.24) is 5.43 Å². The van der Waals surface area contributed by atoms with Crippen molar-refractivity contribution in [3.63, 3.8) is 0 Å². The van der Waals surface area contributed by atoms with Crippen LogP contribution >= 0.6 is 0 Å². The van der Waals surface area contributed by atoms with Gasteiger partial charge in [-0.25, -0.2) is 13.8 Å². The summed E-state index contributed by atoms with van der Waals surface area (Å²) in [6.07, 6.45) is 0.634. The van der Waals surface area contributed by atoms with Crippen molar-refractivity contribution < 1.29 is 23.1 Å². The monoisotopic (exact) mass is 340 g/mol. The fourth-order valence-electron chi connectivity index (χ4n) is 2.48. The average molecular weight is 340 g/mol. The number of hydrazone groups is 1. The van der Waals surface area contributed by atoms with Crippen LogP contribution in [0.1, 0.15) is 25.3 Å². The number of nitrogens with one attached hydrogen (secondary N) is 1. The number of methoxy groups -OCH3 is 1. The molecule has 8 heteroatoms. The van der Waals surface area contributed by atoms with Crippen LogP contribution in [0.15, 0.2) is 23.3 Å². The smallest absolute Gasteiger partial charge is 0.240 e. The minimum atomic E-state index is -2.99. The number of sulfone groups is 1. The highest BCUT2D eigenvalue weighted by Gasteiger charge is 2.29. The zero-order chi connectivity index (χ0) is 17.0. The molecule has 0 bridgehead atoms. The van der Waals surface area contributed by atoms with Crippen molar-refractivity contribution >= 4 is 21.5 Å². The van der Waals surface area contributed by atoms with Crippen LogP contribution in [0.5, 0.6) is 11.5 Å². The summed E-state index contributed by atoms with van der Waals surface area (Å²) < 4.78 is 27.8. The van der Waals surface area contributed by atoms with Gasteiger partial charge in [0.15, 0.2) is 9.84 Å². The van der Waals surface area contributed by atoms with E-state index >= 15 is 0 Å². The fourth-order valence-corrected chi connectivity index (χ4v) is 4.34. The van der Waals surface area contributed by atoms with Gasteiger partial charge >= 0.3 is 0 Å². The van der Waals surface area contributed by atoms with Gasteiger partial charge in [-0.15, -0.1) is 0 Å². The molecule has 1 saturated heterocycles. The van der Waals surface area contributed by atoms with Crippen molar-refractivity contribution in [3.8, 4) is 11.5 Å². The van der Waals surface area contributed by atoms with E-state index in [0.29, 0.717) is 23.4 Å². The summed E-state index contributed by atoms with van der Waals surface area (Å²) in [6.45, 7) is 1.65. The Balaban J connectivity index is 1.98. The van der Waals surface area contributed by atoms with E-state index < -0.39 is 9.84 Å². The molecule has 1 aromatic carbocycles. The summed E-state index contributed by atoms with van der Waals surface area (Å²) in [5.74, 6) is 0.303. The average Bonchev–Trinajstić information content (AvgIpc) is 2.84. The number of amides is 1. The van der Waals surface area contributed by atoms with Gasteiger partial charge in [0.1, 0.15) is 11.5 Å². The van der Waals surface area contributed by atoms with E-state index in [4.69, 9.17) is 4.74 Å². The molecule has 0 unspecified atom stereocenters. The first-order valence-corrected chi connectivity index (χ1v) is 9.04. The number of phenols is 1. The van der Waals surface area contributed by atoms with Crippen molar-refractivity contribution in [2.24, 2.45) is 11.0 Å². The van der Waals surface area contributed by atoms with Gasteiger partial charge in [0.2, 0.25) is 5.91 Å². The summed E-state index contributed by atoms with van der Waals surface area (Å²) in [7, 11) is -1.48. The van der Waals surface area contributed by atoms with Crippen LogP contribution < -0.4 is 10.2 Å². The van der Waals surface area contributed by atoms with Crippen LogP contribution in [0.25, 0.3) is 0 Å². The van der Waals surface area contributed by atoms with Crippen molar-refractivity contribution in [2.75, 3.05) is 18.6 Å². The highest BCUT2D eigenvalue weighted by atomic mass is 32.2. The predicted molar refractivity (Wildman–Crippen MR) is 86.4 cm³/mol. The lowest BCUT2D eigenvalue weighted by molar-refractivity contribution is -0.121. The SMILES string of the molecule is COc1ccc(O)c(/C(C)=N/NC(=O)C[C@@H]2CCS(=O)(=O)C2)c1. The van der Waals surface area contributed by atoms with Gasteiger partial charge in [-0.05, 0) is 37.5 Å². The molecule has 23 heavy (non-hydrogen) atoms. The van der Waals surface area contributed by atoms with E-state index in [9.17, 15) is 18.3 Å². The van der Waals surface area contributed by atoms with Crippen LogP contribution in [-0.2, 0) is 14.6 Å². The second-order valence-electron chi connectivity index (χ2n) is 5.59. The lowest BCUT2D eigenvalue weighted by Crippen LogP contribution is -2.22. The predicted octanol–water partition coefficient (Wildman–Crippen LogP) is 1.07. The summed E-state index contributed by atoms with van der Waals surface area (Å²) in [4.78, 5) is 11.9.